The molecule has 0 radical (unpaired) electrons. The van der Waals surface area contributed by atoms with E-state index in [2.05, 4.69) is 17.4 Å². The van der Waals surface area contributed by atoms with Gasteiger partial charge in [-0.2, -0.15) is 0 Å². The van der Waals surface area contributed by atoms with Crippen molar-refractivity contribution < 1.29 is 9.90 Å². The molecule has 4 heteroatoms. The number of carboxylic acids is 1. The highest BCUT2D eigenvalue weighted by atomic mass is 32.1. The number of fused-ring (bicyclic) bond motifs is 1. The average molecular weight is 287 g/mol. The van der Waals surface area contributed by atoms with Crippen LogP contribution < -0.4 is 5.32 Å². The number of aryl methyl sites for hydroxylation is 2. The zero-order chi connectivity index (χ0) is 14.2. The zero-order valence-corrected chi connectivity index (χ0v) is 12.2. The lowest BCUT2D eigenvalue weighted by Gasteiger charge is -2.27. The molecule has 0 saturated heterocycles. The van der Waals surface area contributed by atoms with E-state index in [4.69, 9.17) is 0 Å². The fraction of sp³-hybridized carbons (Fsp3) is 0.312. The molecule has 1 aromatic heterocycles. The number of benzene rings is 1. The van der Waals surface area contributed by atoms with Gasteiger partial charge >= 0.3 is 5.97 Å². The monoisotopic (exact) mass is 287 g/mol. The Kier molecular flexibility index (Phi) is 3.36. The van der Waals surface area contributed by atoms with Crippen molar-refractivity contribution in [2.24, 2.45) is 0 Å². The van der Waals surface area contributed by atoms with Crippen LogP contribution in [0.25, 0.3) is 0 Å². The molecule has 1 heterocycles. The van der Waals surface area contributed by atoms with Crippen molar-refractivity contribution in [3.8, 4) is 0 Å². The maximum absolute atomic E-state index is 11.9. The normalized spacial score (nSPS) is 20.9. The van der Waals surface area contributed by atoms with Gasteiger partial charge in [-0.1, -0.05) is 29.8 Å². The van der Waals surface area contributed by atoms with Crippen molar-refractivity contribution in [3.05, 3.63) is 57.3 Å². The first-order chi connectivity index (χ1) is 9.62. The molecule has 3 rings (SSSR count). The van der Waals surface area contributed by atoms with Crippen molar-refractivity contribution in [1.82, 2.24) is 5.32 Å². The summed E-state index contributed by atoms with van der Waals surface area (Å²) in [5, 5.41) is 15.1. The van der Waals surface area contributed by atoms with Crippen LogP contribution >= 0.6 is 11.3 Å². The molecule has 1 aromatic carbocycles. The second-order valence-corrected chi connectivity index (χ2v) is 6.34. The van der Waals surface area contributed by atoms with Gasteiger partial charge in [-0.05, 0) is 42.3 Å². The molecule has 1 aliphatic rings. The summed E-state index contributed by atoms with van der Waals surface area (Å²) < 4.78 is 0. The van der Waals surface area contributed by atoms with Gasteiger partial charge in [-0.25, -0.2) is 4.79 Å². The number of aliphatic carboxylic acids is 1. The van der Waals surface area contributed by atoms with Gasteiger partial charge in [0.2, 0.25) is 0 Å². The quantitative estimate of drug-likeness (QED) is 0.908. The molecule has 0 aliphatic heterocycles. The van der Waals surface area contributed by atoms with Crippen LogP contribution in [-0.2, 0) is 23.3 Å². The van der Waals surface area contributed by atoms with Crippen molar-refractivity contribution in [2.45, 2.75) is 31.8 Å². The second-order valence-electron chi connectivity index (χ2n) is 5.30. The maximum atomic E-state index is 11.9. The number of rotatable bonds is 4. The third-order valence-electron chi connectivity index (χ3n) is 4.00. The van der Waals surface area contributed by atoms with Crippen LogP contribution in [0.5, 0.6) is 0 Å². The Labute approximate surface area is 122 Å². The molecular formula is C16H17NO2S. The first kappa shape index (κ1) is 13.3. The van der Waals surface area contributed by atoms with Crippen LogP contribution in [0.3, 0.4) is 0 Å². The maximum Gasteiger partial charge on any atom is 0.328 e. The summed E-state index contributed by atoms with van der Waals surface area (Å²) >= 11 is 1.65. The predicted molar refractivity (Wildman–Crippen MR) is 80.0 cm³/mol. The van der Waals surface area contributed by atoms with E-state index in [0.29, 0.717) is 13.0 Å². The standard InChI is InChI=1S/C16H17NO2S/c1-11-4-5-12-6-7-16(15(18)19,14(12)9-11)17-10-13-3-2-8-20-13/h2-5,8-9,17H,6-7,10H2,1H3,(H,18,19). The lowest BCUT2D eigenvalue weighted by Crippen LogP contribution is -2.47. The molecule has 2 N–H and O–H groups in total. The van der Waals surface area contributed by atoms with Crippen LogP contribution in [-0.4, -0.2) is 11.1 Å². The lowest BCUT2D eigenvalue weighted by molar-refractivity contribution is -0.145. The molecule has 1 unspecified atom stereocenters. The lowest BCUT2D eigenvalue weighted by atomic mass is 9.90. The molecule has 0 saturated carbocycles. The molecule has 1 aliphatic carbocycles. The van der Waals surface area contributed by atoms with Gasteiger partial charge in [-0.15, -0.1) is 11.3 Å². The molecule has 0 spiro atoms. The van der Waals surface area contributed by atoms with Crippen LogP contribution in [0.4, 0.5) is 0 Å². The van der Waals surface area contributed by atoms with Gasteiger partial charge in [-0.3, -0.25) is 5.32 Å². The van der Waals surface area contributed by atoms with Gasteiger partial charge in [0.05, 0.1) is 0 Å². The van der Waals surface area contributed by atoms with E-state index >= 15 is 0 Å². The molecule has 20 heavy (non-hydrogen) atoms. The number of nitrogens with one attached hydrogen (secondary N) is 1. The molecule has 2 aromatic rings. The Morgan fingerprint density at radius 1 is 1.45 bits per heavy atom. The summed E-state index contributed by atoms with van der Waals surface area (Å²) in [5.74, 6) is -0.779. The van der Waals surface area contributed by atoms with E-state index in [1.807, 2.05) is 30.5 Å². The fourth-order valence-corrected chi connectivity index (χ4v) is 3.54. The third kappa shape index (κ3) is 2.15. The topological polar surface area (TPSA) is 49.3 Å². The number of thiophene rings is 1. The summed E-state index contributed by atoms with van der Waals surface area (Å²) in [4.78, 5) is 13.1. The van der Waals surface area contributed by atoms with Gasteiger partial charge in [0.25, 0.3) is 0 Å². The van der Waals surface area contributed by atoms with Crippen LogP contribution in [0.15, 0.2) is 35.7 Å². The Morgan fingerprint density at radius 3 is 3.00 bits per heavy atom. The van der Waals surface area contributed by atoms with E-state index in [-0.39, 0.29) is 0 Å². The minimum absolute atomic E-state index is 0.595. The van der Waals surface area contributed by atoms with Gasteiger partial charge in [0, 0.05) is 11.4 Å². The van der Waals surface area contributed by atoms with Crippen molar-refractivity contribution in [1.29, 1.82) is 0 Å². The smallest absolute Gasteiger partial charge is 0.328 e. The summed E-state index contributed by atoms with van der Waals surface area (Å²) in [6.07, 6.45) is 1.44. The fourth-order valence-electron chi connectivity index (χ4n) is 2.89. The number of hydrogen-bond donors (Lipinski definition) is 2. The number of carbonyl (C=O) groups is 1. The van der Waals surface area contributed by atoms with Crippen LogP contribution in [0, 0.1) is 6.92 Å². The SMILES string of the molecule is Cc1ccc2c(c1)C(NCc1cccs1)(C(=O)O)CC2. The molecule has 0 amide bonds. The van der Waals surface area contributed by atoms with Crippen molar-refractivity contribution in [3.63, 3.8) is 0 Å². The number of hydrogen-bond acceptors (Lipinski definition) is 3. The minimum Gasteiger partial charge on any atom is -0.480 e. The Bertz CT molecular complexity index is 636. The van der Waals surface area contributed by atoms with Crippen molar-refractivity contribution in [2.75, 3.05) is 0 Å². The summed E-state index contributed by atoms with van der Waals surface area (Å²) in [6, 6.07) is 10.1. The Balaban J connectivity index is 1.94. The zero-order valence-electron chi connectivity index (χ0n) is 11.3. The first-order valence-electron chi connectivity index (χ1n) is 6.73. The van der Waals surface area contributed by atoms with Crippen LogP contribution in [0.2, 0.25) is 0 Å². The summed E-state index contributed by atoms with van der Waals surface area (Å²) in [5.41, 5.74) is 2.25. The first-order valence-corrected chi connectivity index (χ1v) is 7.60. The molecule has 1 atom stereocenters. The van der Waals surface area contributed by atoms with E-state index in [0.717, 1.165) is 28.0 Å². The predicted octanol–water partition coefficient (Wildman–Crippen LogP) is 3.07. The Morgan fingerprint density at radius 2 is 2.30 bits per heavy atom. The van der Waals surface area contributed by atoms with E-state index < -0.39 is 11.5 Å². The summed E-state index contributed by atoms with van der Waals surface area (Å²) in [6.45, 7) is 2.60. The van der Waals surface area contributed by atoms with E-state index in [9.17, 15) is 9.90 Å². The van der Waals surface area contributed by atoms with E-state index in [1.54, 1.807) is 11.3 Å². The third-order valence-corrected chi connectivity index (χ3v) is 4.88. The molecule has 0 bridgehead atoms. The van der Waals surface area contributed by atoms with E-state index in [1.165, 1.54) is 0 Å². The molecule has 0 fully saturated rings. The average Bonchev–Trinajstić information content (AvgIpc) is 3.04. The second kappa shape index (κ2) is 5.04. The van der Waals surface area contributed by atoms with Gasteiger partial charge in [0.1, 0.15) is 5.54 Å². The highest BCUT2D eigenvalue weighted by Crippen LogP contribution is 2.38. The minimum atomic E-state index is -0.939. The number of carboxylic acid groups (broad SMARTS) is 1. The highest BCUT2D eigenvalue weighted by Gasteiger charge is 2.45. The van der Waals surface area contributed by atoms with Gasteiger partial charge < -0.3 is 5.11 Å². The van der Waals surface area contributed by atoms with Crippen molar-refractivity contribution >= 4 is 17.3 Å². The molecule has 104 valence electrons. The summed E-state index contributed by atoms with van der Waals surface area (Å²) in [7, 11) is 0. The van der Waals surface area contributed by atoms with Crippen LogP contribution in [0.1, 0.15) is 28.0 Å². The molecular weight excluding hydrogens is 270 g/mol. The highest BCUT2D eigenvalue weighted by molar-refractivity contribution is 7.09. The molecule has 3 nitrogen and oxygen atoms in total. The van der Waals surface area contributed by atoms with Gasteiger partial charge in [0.15, 0.2) is 0 Å². The Hall–Kier alpha value is -1.65. The largest absolute Gasteiger partial charge is 0.480 e.